The highest BCUT2D eigenvalue weighted by Gasteiger charge is 2.19. The third kappa shape index (κ3) is 3.02. The van der Waals surface area contributed by atoms with Crippen LogP contribution >= 0.6 is 0 Å². The van der Waals surface area contributed by atoms with Gasteiger partial charge in [-0.3, -0.25) is 9.78 Å². The van der Waals surface area contributed by atoms with E-state index in [1.807, 2.05) is 25.1 Å². The fourth-order valence-corrected chi connectivity index (χ4v) is 2.00. The molecule has 0 aliphatic heterocycles. The standard InChI is InChI=1S/C16H17FN2O/c1-3-19(11-13-8-4-5-10-18-13)16(20)14-9-6-7-12(2)15(14)17/h4-10H,3,11H2,1-2H3. The summed E-state index contributed by atoms with van der Waals surface area (Å²) in [4.78, 5) is 18.2. The third-order valence-electron chi connectivity index (χ3n) is 3.17. The zero-order chi connectivity index (χ0) is 14.5. The first-order valence-corrected chi connectivity index (χ1v) is 6.57. The van der Waals surface area contributed by atoms with Crippen LogP contribution in [-0.4, -0.2) is 22.3 Å². The molecule has 0 fully saturated rings. The first kappa shape index (κ1) is 14.2. The van der Waals surface area contributed by atoms with E-state index in [4.69, 9.17) is 0 Å². The van der Waals surface area contributed by atoms with Gasteiger partial charge >= 0.3 is 0 Å². The highest BCUT2D eigenvalue weighted by molar-refractivity contribution is 5.94. The minimum absolute atomic E-state index is 0.114. The van der Waals surface area contributed by atoms with Crippen LogP contribution in [0.3, 0.4) is 0 Å². The van der Waals surface area contributed by atoms with E-state index in [0.717, 1.165) is 5.69 Å². The Balaban J connectivity index is 2.23. The first-order valence-electron chi connectivity index (χ1n) is 6.57. The number of aromatic nitrogens is 1. The van der Waals surface area contributed by atoms with Crippen LogP contribution in [0.25, 0.3) is 0 Å². The van der Waals surface area contributed by atoms with E-state index in [-0.39, 0.29) is 11.5 Å². The van der Waals surface area contributed by atoms with Gasteiger partial charge in [-0.2, -0.15) is 0 Å². The molecule has 2 rings (SSSR count). The van der Waals surface area contributed by atoms with Crippen molar-refractivity contribution in [3.8, 4) is 0 Å². The second kappa shape index (κ2) is 6.28. The van der Waals surface area contributed by atoms with Crippen molar-refractivity contribution in [3.05, 3.63) is 65.2 Å². The monoisotopic (exact) mass is 272 g/mol. The molecule has 4 heteroatoms. The van der Waals surface area contributed by atoms with Gasteiger partial charge < -0.3 is 4.90 Å². The SMILES string of the molecule is CCN(Cc1ccccn1)C(=O)c1cccc(C)c1F. The fraction of sp³-hybridized carbons (Fsp3) is 0.250. The van der Waals surface area contributed by atoms with Crippen LogP contribution in [-0.2, 0) is 6.54 Å². The maximum Gasteiger partial charge on any atom is 0.257 e. The molecule has 0 N–H and O–H groups in total. The Hall–Kier alpha value is -2.23. The number of hydrogen-bond acceptors (Lipinski definition) is 2. The number of benzene rings is 1. The second-order valence-corrected chi connectivity index (χ2v) is 4.58. The van der Waals surface area contributed by atoms with Gasteiger partial charge in [0.15, 0.2) is 0 Å². The summed E-state index contributed by atoms with van der Waals surface area (Å²) in [7, 11) is 0. The quantitative estimate of drug-likeness (QED) is 0.856. The summed E-state index contributed by atoms with van der Waals surface area (Å²) in [6.45, 7) is 4.40. The highest BCUT2D eigenvalue weighted by Crippen LogP contribution is 2.15. The van der Waals surface area contributed by atoms with Crippen molar-refractivity contribution in [1.82, 2.24) is 9.88 Å². The van der Waals surface area contributed by atoms with Gasteiger partial charge in [-0.1, -0.05) is 18.2 Å². The molecule has 1 heterocycles. The highest BCUT2D eigenvalue weighted by atomic mass is 19.1. The summed E-state index contributed by atoms with van der Waals surface area (Å²) in [5.41, 5.74) is 1.38. The molecule has 0 aliphatic rings. The van der Waals surface area contributed by atoms with E-state index >= 15 is 0 Å². The Morgan fingerprint density at radius 2 is 2.05 bits per heavy atom. The van der Waals surface area contributed by atoms with E-state index < -0.39 is 5.82 Å². The summed E-state index contributed by atoms with van der Waals surface area (Å²) < 4.78 is 14.0. The molecule has 20 heavy (non-hydrogen) atoms. The van der Waals surface area contributed by atoms with Crippen molar-refractivity contribution in [3.63, 3.8) is 0 Å². The molecule has 0 atom stereocenters. The molecule has 0 radical (unpaired) electrons. The van der Waals surface area contributed by atoms with Crippen molar-refractivity contribution in [2.24, 2.45) is 0 Å². The van der Waals surface area contributed by atoms with Crippen LogP contribution in [0.4, 0.5) is 4.39 Å². The summed E-state index contributed by atoms with van der Waals surface area (Å²) in [5, 5.41) is 0. The molecule has 0 spiro atoms. The number of halogens is 1. The normalized spacial score (nSPS) is 10.3. The molecule has 104 valence electrons. The molecule has 0 saturated carbocycles. The number of pyridine rings is 1. The molecule has 0 unspecified atom stereocenters. The Morgan fingerprint density at radius 3 is 2.70 bits per heavy atom. The van der Waals surface area contributed by atoms with Gasteiger partial charge in [-0.05, 0) is 37.6 Å². The van der Waals surface area contributed by atoms with Gasteiger partial charge in [-0.15, -0.1) is 0 Å². The second-order valence-electron chi connectivity index (χ2n) is 4.58. The van der Waals surface area contributed by atoms with E-state index in [1.165, 1.54) is 6.07 Å². The minimum Gasteiger partial charge on any atom is -0.333 e. The van der Waals surface area contributed by atoms with Crippen molar-refractivity contribution in [2.45, 2.75) is 20.4 Å². The lowest BCUT2D eigenvalue weighted by molar-refractivity contribution is 0.0745. The molecular formula is C16H17FN2O. The van der Waals surface area contributed by atoms with Crippen molar-refractivity contribution in [2.75, 3.05) is 6.54 Å². The van der Waals surface area contributed by atoms with Crippen LogP contribution in [0, 0.1) is 12.7 Å². The average molecular weight is 272 g/mol. The van der Waals surface area contributed by atoms with Gasteiger partial charge in [0.05, 0.1) is 17.8 Å². The maximum atomic E-state index is 14.0. The molecule has 0 aliphatic carbocycles. The topological polar surface area (TPSA) is 33.2 Å². The lowest BCUT2D eigenvalue weighted by Gasteiger charge is -2.21. The Bertz CT molecular complexity index is 599. The Labute approximate surface area is 118 Å². The zero-order valence-electron chi connectivity index (χ0n) is 11.6. The van der Waals surface area contributed by atoms with Gasteiger partial charge in [0, 0.05) is 12.7 Å². The first-order chi connectivity index (χ1) is 9.63. The van der Waals surface area contributed by atoms with Crippen LogP contribution in [0.2, 0.25) is 0 Å². The molecule has 3 nitrogen and oxygen atoms in total. The average Bonchev–Trinajstić information content (AvgIpc) is 2.48. The minimum atomic E-state index is -0.447. The number of amides is 1. The van der Waals surface area contributed by atoms with E-state index in [0.29, 0.717) is 18.7 Å². The lowest BCUT2D eigenvalue weighted by Crippen LogP contribution is -2.31. The summed E-state index contributed by atoms with van der Waals surface area (Å²) in [6, 6.07) is 10.4. The summed E-state index contributed by atoms with van der Waals surface area (Å²) in [6.07, 6.45) is 1.68. The summed E-state index contributed by atoms with van der Waals surface area (Å²) in [5.74, 6) is -0.753. The molecule has 0 bridgehead atoms. The van der Waals surface area contributed by atoms with Crippen LogP contribution < -0.4 is 0 Å². The molecule has 0 saturated heterocycles. The van der Waals surface area contributed by atoms with Crippen molar-refractivity contribution < 1.29 is 9.18 Å². The lowest BCUT2D eigenvalue weighted by atomic mass is 10.1. The van der Waals surface area contributed by atoms with Gasteiger partial charge in [0.1, 0.15) is 5.82 Å². The van der Waals surface area contributed by atoms with E-state index in [9.17, 15) is 9.18 Å². The van der Waals surface area contributed by atoms with E-state index in [1.54, 1.807) is 30.2 Å². The van der Waals surface area contributed by atoms with Crippen LogP contribution in [0.15, 0.2) is 42.6 Å². The number of aryl methyl sites for hydroxylation is 1. The van der Waals surface area contributed by atoms with Gasteiger partial charge in [0.2, 0.25) is 0 Å². The number of rotatable bonds is 4. The van der Waals surface area contributed by atoms with Crippen LogP contribution in [0.1, 0.15) is 28.5 Å². The maximum absolute atomic E-state index is 14.0. The molecule has 1 aromatic carbocycles. The molecule has 1 aromatic heterocycles. The predicted octanol–water partition coefficient (Wildman–Crippen LogP) is 3.19. The summed E-state index contributed by atoms with van der Waals surface area (Å²) >= 11 is 0. The van der Waals surface area contributed by atoms with Gasteiger partial charge in [-0.25, -0.2) is 4.39 Å². The van der Waals surface area contributed by atoms with Crippen molar-refractivity contribution in [1.29, 1.82) is 0 Å². The molecular weight excluding hydrogens is 255 g/mol. The number of carbonyl (C=O) groups is 1. The number of carbonyl (C=O) groups excluding carboxylic acids is 1. The van der Waals surface area contributed by atoms with Gasteiger partial charge in [0.25, 0.3) is 5.91 Å². The molecule has 1 amide bonds. The number of nitrogens with zero attached hydrogens (tertiary/aromatic N) is 2. The zero-order valence-corrected chi connectivity index (χ0v) is 11.6. The predicted molar refractivity (Wildman–Crippen MR) is 75.8 cm³/mol. The van der Waals surface area contributed by atoms with Crippen LogP contribution in [0.5, 0.6) is 0 Å². The number of hydrogen-bond donors (Lipinski definition) is 0. The fourth-order valence-electron chi connectivity index (χ4n) is 2.00. The Morgan fingerprint density at radius 1 is 1.25 bits per heavy atom. The largest absolute Gasteiger partial charge is 0.333 e. The Kier molecular flexibility index (Phi) is 4.45. The smallest absolute Gasteiger partial charge is 0.257 e. The third-order valence-corrected chi connectivity index (χ3v) is 3.17. The molecule has 2 aromatic rings. The van der Waals surface area contributed by atoms with E-state index in [2.05, 4.69) is 4.98 Å². The van der Waals surface area contributed by atoms with Crippen molar-refractivity contribution >= 4 is 5.91 Å².